The number of nitrogens with one attached hydrogen (secondary N) is 2. The number of nitrogen functional groups attached to an aromatic ring is 1. The summed E-state index contributed by atoms with van der Waals surface area (Å²) in [5.41, 5.74) is 13.5. The molecule has 0 aromatic heterocycles. The maximum atomic E-state index is 13.3. The van der Waals surface area contributed by atoms with Crippen LogP contribution >= 0.6 is 0 Å². The second-order valence-corrected chi connectivity index (χ2v) is 14.3. The molecule has 0 saturated heterocycles. The van der Waals surface area contributed by atoms with Crippen LogP contribution in [-0.2, 0) is 35.0 Å². The third-order valence-corrected chi connectivity index (χ3v) is 11.0. The molecule has 0 aliphatic carbocycles. The first-order valence-corrected chi connectivity index (χ1v) is 18.8. The van der Waals surface area contributed by atoms with E-state index in [1.165, 1.54) is 39.9 Å². The van der Waals surface area contributed by atoms with Crippen LogP contribution in [0.3, 0.4) is 0 Å². The molecule has 0 fully saturated rings. The number of benzene rings is 5. The Bertz CT molecular complexity index is 1880. The van der Waals surface area contributed by atoms with Crippen molar-refractivity contribution in [2.24, 2.45) is 0 Å². The molecular weight excluding hydrogens is 662 g/mol. The molecule has 0 bridgehead atoms. The van der Waals surface area contributed by atoms with Crippen molar-refractivity contribution in [3.63, 3.8) is 0 Å². The summed E-state index contributed by atoms with van der Waals surface area (Å²) in [6, 6.07) is 40.6. The minimum Gasteiger partial charge on any atom is -0.493 e. The SMILES string of the molecule is COc1cc2c(cc1OC)C(CCCC(CCCNC(=O)CCc1ccc(F)cc1)(c1ccccc1)c1ccccc1)(Cc1ccc(N)cc1)NCC2. The molecule has 1 aliphatic heterocycles. The number of amides is 1. The summed E-state index contributed by atoms with van der Waals surface area (Å²) in [5, 5.41) is 7.17. The Hall–Kier alpha value is -5.14. The second kappa shape index (κ2) is 17.6. The summed E-state index contributed by atoms with van der Waals surface area (Å²) in [6.07, 6.45) is 7.14. The molecule has 7 heteroatoms. The predicted octanol–water partition coefficient (Wildman–Crippen LogP) is 8.69. The summed E-state index contributed by atoms with van der Waals surface area (Å²) in [4.78, 5) is 12.9. The molecular formula is C46H52FN3O3. The van der Waals surface area contributed by atoms with Gasteiger partial charge in [0.1, 0.15) is 5.82 Å². The van der Waals surface area contributed by atoms with Gasteiger partial charge in [0.05, 0.1) is 14.2 Å². The summed E-state index contributed by atoms with van der Waals surface area (Å²) < 4.78 is 24.9. The van der Waals surface area contributed by atoms with Crippen LogP contribution in [-0.4, -0.2) is 33.2 Å². The topological polar surface area (TPSA) is 85.6 Å². The van der Waals surface area contributed by atoms with Crippen molar-refractivity contribution in [3.05, 3.63) is 161 Å². The van der Waals surface area contributed by atoms with Gasteiger partial charge in [-0.15, -0.1) is 0 Å². The maximum absolute atomic E-state index is 13.3. The van der Waals surface area contributed by atoms with E-state index in [0.717, 1.165) is 74.2 Å². The summed E-state index contributed by atoms with van der Waals surface area (Å²) in [5.74, 6) is 1.23. The van der Waals surface area contributed by atoms with Gasteiger partial charge in [0.15, 0.2) is 11.5 Å². The van der Waals surface area contributed by atoms with E-state index in [-0.39, 0.29) is 22.7 Å². The molecule has 1 heterocycles. The van der Waals surface area contributed by atoms with Gasteiger partial charge in [-0.3, -0.25) is 4.79 Å². The highest BCUT2D eigenvalue weighted by Gasteiger charge is 2.39. The number of carbonyl (C=O) groups is 1. The average molecular weight is 714 g/mol. The number of rotatable bonds is 17. The van der Waals surface area contributed by atoms with Gasteiger partial charge in [0.2, 0.25) is 5.91 Å². The van der Waals surface area contributed by atoms with E-state index in [0.29, 0.717) is 19.4 Å². The van der Waals surface area contributed by atoms with Gasteiger partial charge in [-0.05, 0) is 115 Å². The number of fused-ring (bicyclic) bond motifs is 1. The molecule has 276 valence electrons. The molecule has 0 spiro atoms. The van der Waals surface area contributed by atoms with Gasteiger partial charge in [-0.25, -0.2) is 4.39 Å². The fraction of sp³-hybridized carbons (Fsp3) is 0.326. The summed E-state index contributed by atoms with van der Waals surface area (Å²) >= 11 is 0. The zero-order chi connectivity index (χ0) is 37.1. The number of aryl methyl sites for hydroxylation is 1. The minimum absolute atomic E-state index is 0.0121. The van der Waals surface area contributed by atoms with Gasteiger partial charge in [0.25, 0.3) is 0 Å². The van der Waals surface area contributed by atoms with E-state index in [1.807, 2.05) is 12.1 Å². The molecule has 1 aliphatic rings. The summed E-state index contributed by atoms with van der Waals surface area (Å²) in [6.45, 7) is 1.45. The van der Waals surface area contributed by atoms with E-state index in [9.17, 15) is 9.18 Å². The molecule has 1 unspecified atom stereocenters. The minimum atomic E-state index is -0.332. The smallest absolute Gasteiger partial charge is 0.220 e. The van der Waals surface area contributed by atoms with Crippen LogP contribution < -0.4 is 25.8 Å². The molecule has 53 heavy (non-hydrogen) atoms. The van der Waals surface area contributed by atoms with Crippen LogP contribution in [0.15, 0.2) is 121 Å². The lowest BCUT2D eigenvalue weighted by molar-refractivity contribution is -0.121. The monoisotopic (exact) mass is 713 g/mol. The van der Waals surface area contributed by atoms with Gasteiger partial charge >= 0.3 is 0 Å². The average Bonchev–Trinajstić information content (AvgIpc) is 3.20. The van der Waals surface area contributed by atoms with Crippen molar-refractivity contribution in [2.75, 3.05) is 33.0 Å². The normalized spacial score (nSPS) is 15.4. The molecule has 4 N–H and O–H groups in total. The Balaban J connectivity index is 1.26. The van der Waals surface area contributed by atoms with Crippen LogP contribution in [0.25, 0.3) is 0 Å². The number of halogens is 1. The Morgan fingerprint density at radius 1 is 0.811 bits per heavy atom. The van der Waals surface area contributed by atoms with Gasteiger partial charge < -0.3 is 25.8 Å². The molecule has 1 amide bonds. The number of hydrogen-bond acceptors (Lipinski definition) is 5. The van der Waals surface area contributed by atoms with Crippen LogP contribution in [0.5, 0.6) is 11.5 Å². The van der Waals surface area contributed by atoms with E-state index in [4.69, 9.17) is 15.2 Å². The van der Waals surface area contributed by atoms with Gasteiger partial charge in [0, 0.05) is 36.2 Å². The number of hydrogen-bond donors (Lipinski definition) is 3. The Morgan fingerprint density at radius 2 is 1.42 bits per heavy atom. The number of ether oxygens (including phenoxy) is 2. The molecule has 5 aromatic carbocycles. The lowest BCUT2D eigenvalue weighted by atomic mass is 9.66. The molecule has 6 rings (SSSR count). The van der Waals surface area contributed by atoms with E-state index in [1.54, 1.807) is 26.4 Å². The van der Waals surface area contributed by atoms with Crippen molar-refractivity contribution in [1.29, 1.82) is 0 Å². The van der Waals surface area contributed by atoms with E-state index in [2.05, 4.69) is 95.6 Å². The van der Waals surface area contributed by atoms with Crippen molar-refractivity contribution >= 4 is 11.6 Å². The van der Waals surface area contributed by atoms with Crippen LogP contribution in [0.2, 0.25) is 0 Å². The van der Waals surface area contributed by atoms with Crippen molar-refractivity contribution in [2.45, 2.75) is 68.7 Å². The standard InChI is InChI=1S/C46H52FN3O3/c1-52-42-31-36-25-30-50-46(41(36)32-43(42)53-2,33-35-17-22-40(48)23-18-35)28-9-26-45(37-11-5-3-6-12-37,38-13-7-4-8-14-38)27-10-29-49-44(51)24-19-34-15-20-39(47)21-16-34/h3-8,11-18,20-23,31-32,50H,9-10,19,24-30,33,48H2,1-2H3,(H,49,51). The van der Waals surface area contributed by atoms with E-state index >= 15 is 0 Å². The molecule has 5 aromatic rings. The van der Waals surface area contributed by atoms with Gasteiger partial charge in [-0.1, -0.05) is 91.3 Å². The first kappa shape index (κ1) is 37.6. The lowest BCUT2D eigenvalue weighted by Gasteiger charge is -2.43. The number of anilines is 1. The first-order chi connectivity index (χ1) is 25.8. The highest BCUT2D eigenvalue weighted by molar-refractivity contribution is 5.76. The highest BCUT2D eigenvalue weighted by Crippen LogP contribution is 2.45. The number of nitrogens with two attached hydrogens (primary N) is 1. The third kappa shape index (κ3) is 9.09. The molecule has 6 nitrogen and oxygen atoms in total. The van der Waals surface area contributed by atoms with Crippen LogP contribution in [0.4, 0.5) is 10.1 Å². The van der Waals surface area contributed by atoms with Crippen LogP contribution in [0, 0.1) is 5.82 Å². The molecule has 1 atom stereocenters. The Morgan fingerprint density at radius 3 is 2.06 bits per heavy atom. The van der Waals surface area contributed by atoms with Crippen LogP contribution in [0.1, 0.15) is 71.9 Å². The Kier molecular flexibility index (Phi) is 12.5. The fourth-order valence-corrected chi connectivity index (χ4v) is 8.25. The van der Waals surface area contributed by atoms with Crippen molar-refractivity contribution < 1.29 is 18.7 Å². The first-order valence-electron chi connectivity index (χ1n) is 18.8. The van der Waals surface area contributed by atoms with E-state index < -0.39 is 0 Å². The fourth-order valence-electron chi connectivity index (χ4n) is 8.25. The van der Waals surface area contributed by atoms with Crippen molar-refractivity contribution in [1.82, 2.24) is 10.6 Å². The quantitative estimate of drug-likeness (QED) is 0.0664. The number of carbonyl (C=O) groups excluding carboxylic acids is 1. The largest absolute Gasteiger partial charge is 0.493 e. The Labute approximate surface area is 313 Å². The maximum Gasteiger partial charge on any atom is 0.220 e. The number of methoxy groups -OCH3 is 2. The van der Waals surface area contributed by atoms with Crippen molar-refractivity contribution in [3.8, 4) is 11.5 Å². The zero-order valence-corrected chi connectivity index (χ0v) is 31.0. The third-order valence-electron chi connectivity index (χ3n) is 11.0. The lowest BCUT2D eigenvalue weighted by Crippen LogP contribution is -2.49. The highest BCUT2D eigenvalue weighted by atomic mass is 19.1. The summed E-state index contributed by atoms with van der Waals surface area (Å²) in [7, 11) is 3.39. The van der Waals surface area contributed by atoms with Gasteiger partial charge in [-0.2, -0.15) is 0 Å². The second-order valence-electron chi connectivity index (χ2n) is 14.3. The molecule has 0 radical (unpaired) electrons. The predicted molar refractivity (Wildman–Crippen MR) is 212 cm³/mol. The zero-order valence-electron chi connectivity index (χ0n) is 31.0. The molecule has 0 saturated carbocycles.